The van der Waals surface area contributed by atoms with Gasteiger partial charge in [-0.1, -0.05) is 6.42 Å². The smallest absolute Gasteiger partial charge is 0.133 e. The standard InChI is InChI=1S/C10H15BrN2O/c11-9-4-7-14-10(9)8-12-13-5-2-1-3-6-13/h4,7,12H,1-3,5-6,8H2. The molecule has 2 rings (SSSR count). The number of rotatable bonds is 3. The van der Waals surface area contributed by atoms with Crippen LogP contribution in [-0.2, 0) is 6.54 Å². The van der Waals surface area contributed by atoms with Gasteiger partial charge in [0.2, 0.25) is 0 Å². The van der Waals surface area contributed by atoms with Crippen LogP contribution >= 0.6 is 15.9 Å². The molecule has 0 amide bonds. The fourth-order valence-electron chi connectivity index (χ4n) is 1.69. The molecule has 0 unspecified atom stereocenters. The van der Waals surface area contributed by atoms with Gasteiger partial charge in [0.25, 0.3) is 0 Å². The second-order valence-electron chi connectivity index (χ2n) is 3.57. The maximum Gasteiger partial charge on any atom is 0.133 e. The summed E-state index contributed by atoms with van der Waals surface area (Å²) in [5.74, 6) is 0.968. The van der Waals surface area contributed by atoms with E-state index in [-0.39, 0.29) is 0 Å². The Morgan fingerprint density at radius 2 is 2.14 bits per heavy atom. The van der Waals surface area contributed by atoms with Gasteiger partial charge in [-0.15, -0.1) is 0 Å². The van der Waals surface area contributed by atoms with E-state index in [1.165, 1.54) is 19.3 Å². The normalized spacial score (nSPS) is 18.6. The van der Waals surface area contributed by atoms with Gasteiger partial charge >= 0.3 is 0 Å². The number of piperidine rings is 1. The van der Waals surface area contributed by atoms with Crippen LogP contribution in [0.2, 0.25) is 0 Å². The average Bonchev–Trinajstić information content (AvgIpc) is 2.63. The molecule has 1 aromatic rings. The summed E-state index contributed by atoms with van der Waals surface area (Å²) in [6, 6.07) is 1.92. The van der Waals surface area contributed by atoms with Gasteiger partial charge in [0, 0.05) is 13.1 Å². The predicted octanol–water partition coefficient (Wildman–Crippen LogP) is 2.53. The largest absolute Gasteiger partial charge is 0.467 e. The van der Waals surface area contributed by atoms with Crippen molar-refractivity contribution in [1.82, 2.24) is 10.4 Å². The molecule has 3 nitrogen and oxygen atoms in total. The van der Waals surface area contributed by atoms with Gasteiger partial charge in [-0.3, -0.25) is 0 Å². The molecule has 1 aliphatic rings. The third kappa shape index (κ3) is 2.59. The number of hydrazine groups is 1. The lowest BCUT2D eigenvalue weighted by atomic mass is 10.2. The molecular formula is C10H15BrN2O. The van der Waals surface area contributed by atoms with E-state index in [2.05, 4.69) is 26.4 Å². The summed E-state index contributed by atoms with van der Waals surface area (Å²) in [6.45, 7) is 3.07. The van der Waals surface area contributed by atoms with Gasteiger partial charge in [-0.05, 0) is 34.8 Å². The summed E-state index contributed by atoms with van der Waals surface area (Å²) in [4.78, 5) is 0. The van der Waals surface area contributed by atoms with Crippen LogP contribution in [0.1, 0.15) is 25.0 Å². The SMILES string of the molecule is Brc1ccoc1CNN1CCCCC1. The van der Waals surface area contributed by atoms with Crippen LogP contribution in [0.4, 0.5) is 0 Å². The Labute approximate surface area is 92.6 Å². The van der Waals surface area contributed by atoms with Gasteiger partial charge in [0.15, 0.2) is 0 Å². The first-order chi connectivity index (χ1) is 6.86. The molecule has 4 heteroatoms. The van der Waals surface area contributed by atoms with E-state index in [1.807, 2.05) is 6.07 Å². The zero-order valence-electron chi connectivity index (χ0n) is 8.13. The maximum absolute atomic E-state index is 5.32. The topological polar surface area (TPSA) is 28.4 Å². The average molecular weight is 259 g/mol. The molecule has 0 bridgehead atoms. The fraction of sp³-hybridized carbons (Fsp3) is 0.600. The van der Waals surface area contributed by atoms with Gasteiger partial charge in [-0.2, -0.15) is 0 Å². The highest BCUT2D eigenvalue weighted by Crippen LogP contribution is 2.17. The summed E-state index contributed by atoms with van der Waals surface area (Å²) in [5, 5.41) is 2.28. The third-order valence-electron chi connectivity index (χ3n) is 2.51. The van der Waals surface area contributed by atoms with Crippen molar-refractivity contribution < 1.29 is 4.42 Å². The van der Waals surface area contributed by atoms with Crippen molar-refractivity contribution in [3.05, 3.63) is 22.6 Å². The minimum absolute atomic E-state index is 0.771. The molecule has 0 aromatic carbocycles. The summed E-state index contributed by atoms with van der Waals surface area (Å²) in [7, 11) is 0. The number of halogens is 1. The molecule has 0 saturated carbocycles. The Hall–Kier alpha value is -0.320. The van der Waals surface area contributed by atoms with Crippen LogP contribution in [0, 0.1) is 0 Å². The van der Waals surface area contributed by atoms with E-state index in [4.69, 9.17) is 4.42 Å². The van der Waals surface area contributed by atoms with Crippen molar-refractivity contribution in [2.45, 2.75) is 25.8 Å². The van der Waals surface area contributed by atoms with Crippen molar-refractivity contribution in [1.29, 1.82) is 0 Å². The van der Waals surface area contributed by atoms with Crippen molar-refractivity contribution >= 4 is 15.9 Å². The van der Waals surface area contributed by atoms with Gasteiger partial charge in [0.05, 0.1) is 17.3 Å². The molecule has 0 atom stereocenters. The Morgan fingerprint density at radius 1 is 1.36 bits per heavy atom. The fourth-order valence-corrected chi connectivity index (χ4v) is 2.03. The Bertz CT molecular complexity index is 281. The highest BCUT2D eigenvalue weighted by Gasteiger charge is 2.10. The molecule has 1 N–H and O–H groups in total. The van der Waals surface area contributed by atoms with Crippen LogP contribution in [0.15, 0.2) is 21.2 Å². The molecule has 1 aromatic heterocycles. The van der Waals surface area contributed by atoms with E-state index in [0.29, 0.717) is 0 Å². The molecular weight excluding hydrogens is 244 g/mol. The molecule has 14 heavy (non-hydrogen) atoms. The van der Waals surface area contributed by atoms with Gasteiger partial charge in [-0.25, -0.2) is 10.4 Å². The maximum atomic E-state index is 5.32. The number of nitrogens with one attached hydrogen (secondary N) is 1. The van der Waals surface area contributed by atoms with E-state index < -0.39 is 0 Å². The molecule has 78 valence electrons. The highest BCUT2D eigenvalue weighted by molar-refractivity contribution is 9.10. The Kier molecular flexibility index (Phi) is 3.61. The molecule has 1 aliphatic heterocycles. The minimum atomic E-state index is 0.771. The first-order valence-corrected chi connectivity index (χ1v) is 5.86. The highest BCUT2D eigenvalue weighted by atomic mass is 79.9. The van der Waals surface area contributed by atoms with Crippen molar-refractivity contribution in [2.75, 3.05) is 13.1 Å². The van der Waals surface area contributed by atoms with Crippen LogP contribution in [0.25, 0.3) is 0 Å². The zero-order chi connectivity index (χ0) is 9.80. The van der Waals surface area contributed by atoms with Crippen molar-refractivity contribution in [2.24, 2.45) is 0 Å². The number of hydrogen-bond donors (Lipinski definition) is 1. The quantitative estimate of drug-likeness (QED) is 0.904. The lowest BCUT2D eigenvalue weighted by molar-refractivity contribution is 0.146. The first kappa shape index (κ1) is 10.2. The molecule has 0 radical (unpaired) electrons. The van der Waals surface area contributed by atoms with E-state index >= 15 is 0 Å². The van der Waals surface area contributed by atoms with Crippen molar-refractivity contribution in [3.8, 4) is 0 Å². The minimum Gasteiger partial charge on any atom is -0.467 e. The summed E-state index contributed by atoms with van der Waals surface area (Å²) in [5.41, 5.74) is 3.37. The second-order valence-corrected chi connectivity index (χ2v) is 4.43. The molecule has 1 saturated heterocycles. The third-order valence-corrected chi connectivity index (χ3v) is 3.22. The molecule has 2 heterocycles. The lowest BCUT2D eigenvalue weighted by Crippen LogP contribution is -2.41. The van der Waals surface area contributed by atoms with Crippen LogP contribution in [0.3, 0.4) is 0 Å². The summed E-state index contributed by atoms with van der Waals surface area (Å²) in [6.07, 6.45) is 5.67. The lowest BCUT2D eigenvalue weighted by Gasteiger charge is -2.26. The van der Waals surface area contributed by atoms with E-state index in [9.17, 15) is 0 Å². The number of nitrogens with zero attached hydrogens (tertiary/aromatic N) is 1. The van der Waals surface area contributed by atoms with Crippen LogP contribution in [-0.4, -0.2) is 18.1 Å². The number of furan rings is 1. The van der Waals surface area contributed by atoms with Gasteiger partial charge in [0.1, 0.15) is 5.76 Å². The molecule has 1 fully saturated rings. The predicted molar refractivity (Wildman–Crippen MR) is 58.7 cm³/mol. The first-order valence-electron chi connectivity index (χ1n) is 5.06. The monoisotopic (exact) mass is 258 g/mol. The van der Waals surface area contributed by atoms with Gasteiger partial charge < -0.3 is 4.42 Å². The second kappa shape index (κ2) is 4.96. The summed E-state index contributed by atoms with van der Waals surface area (Å²) < 4.78 is 6.36. The van der Waals surface area contributed by atoms with Crippen LogP contribution < -0.4 is 5.43 Å². The Morgan fingerprint density at radius 3 is 2.79 bits per heavy atom. The summed E-state index contributed by atoms with van der Waals surface area (Å²) >= 11 is 3.44. The number of hydrogen-bond acceptors (Lipinski definition) is 3. The van der Waals surface area contributed by atoms with E-state index in [0.717, 1.165) is 29.9 Å². The zero-order valence-corrected chi connectivity index (χ0v) is 9.72. The van der Waals surface area contributed by atoms with Crippen molar-refractivity contribution in [3.63, 3.8) is 0 Å². The van der Waals surface area contributed by atoms with Crippen LogP contribution in [0.5, 0.6) is 0 Å². The molecule has 0 aliphatic carbocycles. The Balaban J connectivity index is 1.79. The van der Waals surface area contributed by atoms with E-state index in [1.54, 1.807) is 6.26 Å². The molecule has 0 spiro atoms.